The Morgan fingerprint density at radius 2 is 1.56 bits per heavy atom. The zero-order chi connectivity index (χ0) is 13.3. The number of nitrogen functional groups attached to an aromatic ring is 1. The fourth-order valence-corrected chi connectivity index (χ4v) is 2.56. The molecule has 0 radical (unpaired) electrons. The maximum Gasteiger partial charge on any atom is 0.0764 e. The van der Waals surface area contributed by atoms with E-state index in [1.165, 1.54) is 0 Å². The highest BCUT2D eigenvalue weighted by atomic mass is 79.9. The standard InChI is InChI=1S/C12H8BrCl3N2/c13-6-1-2-8(14)11(3-6)18-12-9(15)4-7(17)5-10(12)16/h1-5,18H,17H2. The van der Waals surface area contributed by atoms with Crippen LogP contribution in [0.3, 0.4) is 0 Å². The molecule has 0 amide bonds. The first-order valence-corrected chi connectivity index (χ1v) is 6.86. The molecule has 0 aliphatic heterocycles. The van der Waals surface area contributed by atoms with Gasteiger partial charge < -0.3 is 11.1 Å². The van der Waals surface area contributed by atoms with Crippen molar-refractivity contribution in [2.24, 2.45) is 0 Å². The normalized spacial score (nSPS) is 10.4. The number of rotatable bonds is 2. The van der Waals surface area contributed by atoms with Gasteiger partial charge in [-0.15, -0.1) is 0 Å². The van der Waals surface area contributed by atoms with Crippen molar-refractivity contribution in [1.29, 1.82) is 0 Å². The van der Waals surface area contributed by atoms with Crippen LogP contribution in [0.2, 0.25) is 15.1 Å². The molecule has 3 N–H and O–H groups in total. The van der Waals surface area contributed by atoms with Gasteiger partial charge in [0.05, 0.1) is 26.4 Å². The fraction of sp³-hybridized carbons (Fsp3) is 0. The second-order valence-electron chi connectivity index (χ2n) is 3.61. The zero-order valence-electron chi connectivity index (χ0n) is 8.98. The third kappa shape index (κ3) is 3.04. The fourth-order valence-electron chi connectivity index (χ4n) is 1.44. The summed E-state index contributed by atoms with van der Waals surface area (Å²) in [4.78, 5) is 0. The minimum absolute atomic E-state index is 0.441. The van der Waals surface area contributed by atoms with Gasteiger partial charge >= 0.3 is 0 Å². The van der Waals surface area contributed by atoms with Gasteiger partial charge in [-0.05, 0) is 30.3 Å². The van der Waals surface area contributed by atoms with Crippen molar-refractivity contribution in [1.82, 2.24) is 0 Å². The van der Waals surface area contributed by atoms with Crippen molar-refractivity contribution in [3.05, 3.63) is 49.9 Å². The Hall–Kier alpha value is -0.610. The molecule has 2 nitrogen and oxygen atoms in total. The number of hydrogen-bond donors (Lipinski definition) is 2. The Bertz CT molecular complexity index is 579. The third-order valence-corrected chi connectivity index (χ3v) is 3.67. The minimum Gasteiger partial charge on any atom is -0.399 e. The lowest BCUT2D eigenvalue weighted by Crippen LogP contribution is -1.95. The first-order chi connectivity index (χ1) is 8.47. The largest absolute Gasteiger partial charge is 0.399 e. The molecule has 2 aromatic rings. The molecule has 0 atom stereocenters. The van der Waals surface area contributed by atoms with Crippen LogP contribution >= 0.6 is 50.7 Å². The van der Waals surface area contributed by atoms with E-state index < -0.39 is 0 Å². The van der Waals surface area contributed by atoms with Crippen LogP contribution in [0, 0.1) is 0 Å². The molecular weight excluding hydrogens is 358 g/mol. The summed E-state index contributed by atoms with van der Waals surface area (Å²) in [6.07, 6.45) is 0. The smallest absolute Gasteiger partial charge is 0.0764 e. The van der Waals surface area contributed by atoms with E-state index in [1.807, 2.05) is 12.1 Å². The molecule has 18 heavy (non-hydrogen) atoms. The van der Waals surface area contributed by atoms with Gasteiger partial charge in [-0.2, -0.15) is 0 Å². The number of nitrogens with two attached hydrogens (primary N) is 1. The van der Waals surface area contributed by atoms with Gasteiger partial charge in [0, 0.05) is 10.2 Å². The van der Waals surface area contributed by atoms with Crippen molar-refractivity contribution in [3.8, 4) is 0 Å². The lowest BCUT2D eigenvalue weighted by atomic mass is 10.2. The van der Waals surface area contributed by atoms with Gasteiger partial charge in [0.25, 0.3) is 0 Å². The van der Waals surface area contributed by atoms with Crippen molar-refractivity contribution in [3.63, 3.8) is 0 Å². The summed E-state index contributed by atoms with van der Waals surface area (Å²) in [7, 11) is 0. The van der Waals surface area contributed by atoms with Crippen LogP contribution in [0.15, 0.2) is 34.8 Å². The molecule has 0 fully saturated rings. The third-order valence-electron chi connectivity index (χ3n) is 2.25. The molecule has 0 aliphatic carbocycles. The quantitative estimate of drug-likeness (QED) is 0.666. The van der Waals surface area contributed by atoms with E-state index in [2.05, 4.69) is 21.2 Å². The predicted molar refractivity (Wildman–Crippen MR) is 83.3 cm³/mol. The SMILES string of the molecule is Nc1cc(Cl)c(Nc2cc(Br)ccc2Cl)c(Cl)c1. The van der Waals surface area contributed by atoms with E-state index in [0.29, 0.717) is 32.1 Å². The molecule has 2 aromatic carbocycles. The topological polar surface area (TPSA) is 38.0 Å². The molecule has 0 unspecified atom stereocenters. The van der Waals surface area contributed by atoms with Crippen LogP contribution in [0.4, 0.5) is 17.1 Å². The molecule has 2 rings (SSSR count). The molecule has 0 heterocycles. The molecule has 0 aromatic heterocycles. The van der Waals surface area contributed by atoms with E-state index in [9.17, 15) is 0 Å². The monoisotopic (exact) mass is 364 g/mol. The van der Waals surface area contributed by atoms with E-state index in [0.717, 1.165) is 4.47 Å². The summed E-state index contributed by atoms with van der Waals surface area (Å²) in [6.45, 7) is 0. The van der Waals surface area contributed by atoms with E-state index >= 15 is 0 Å². The Kier molecular flexibility index (Phi) is 4.28. The van der Waals surface area contributed by atoms with E-state index in [4.69, 9.17) is 40.5 Å². The van der Waals surface area contributed by atoms with Crippen LogP contribution in [-0.2, 0) is 0 Å². The summed E-state index contributed by atoms with van der Waals surface area (Å²) < 4.78 is 0.900. The number of nitrogens with one attached hydrogen (secondary N) is 1. The van der Waals surface area contributed by atoms with E-state index in [1.54, 1.807) is 18.2 Å². The number of hydrogen-bond acceptors (Lipinski definition) is 2. The summed E-state index contributed by atoms with van der Waals surface area (Å²) >= 11 is 21.7. The first kappa shape index (κ1) is 13.8. The average Bonchev–Trinajstić information content (AvgIpc) is 2.28. The molecule has 0 aliphatic rings. The van der Waals surface area contributed by atoms with Crippen LogP contribution < -0.4 is 11.1 Å². The van der Waals surface area contributed by atoms with Crippen molar-refractivity contribution < 1.29 is 0 Å². The molecule has 94 valence electrons. The summed E-state index contributed by atoms with van der Waals surface area (Å²) in [5.74, 6) is 0. The van der Waals surface area contributed by atoms with Gasteiger partial charge in [-0.3, -0.25) is 0 Å². The molecule has 0 bridgehead atoms. The second-order valence-corrected chi connectivity index (χ2v) is 5.75. The minimum atomic E-state index is 0.441. The molecular formula is C12H8BrCl3N2. The maximum absolute atomic E-state index is 6.10. The molecule has 6 heteroatoms. The van der Waals surface area contributed by atoms with Crippen LogP contribution in [0.1, 0.15) is 0 Å². The lowest BCUT2D eigenvalue weighted by Gasteiger charge is -2.13. The van der Waals surface area contributed by atoms with Crippen LogP contribution in [0.25, 0.3) is 0 Å². The van der Waals surface area contributed by atoms with Crippen LogP contribution in [-0.4, -0.2) is 0 Å². The maximum atomic E-state index is 6.10. The highest BCUT2D eigenvalue weighted by molar-refractivity contribution is 9.10. The highest BCUT2D eigenvalue weighted by Crippen LogP contribution is 2.37. The predicted octanol–water partition coefficient (Wildman–Crippen LogP) is 5.74. The summed E-state index contributed by atoms with van der Waals surface area (Å²) in [6, 6.07) is 8.71. The molecule has 0 saturated carbocycles. The van der Waals surface area contributed by atoms with Gasteiger partial charge in [-0.25, -0.2) is 0 Å². The number of halogens is 4. The molecule has 0 saturated heterocycles. The molecule has 0 spiro atoms. The number of benzene rings is 2. The Morgan fingerprint density at radius 3 is 2.17 bits per heavy atom. The average molecular weight is 366 g/mol. The van der Waals surface area contributed by atoms with Gasteiger partial charge in [0.1, 0.15) is 0 Å². The highest BCUT2D eigenvalue weighted by Gasteiger charge is 2.09. The van der Waals surface area contributed by atoms with Gasteiger partial charge in [0.15, 0.2) is 0 Å². The Labute approximate surface area is 128 Å². The van der Waals surface area contributed by atoms with Crippen molar-refractivity contribution in [2.75, 3.05) is 11.1 Å². The van der Waals surface area contributed by atoms with Crippen molar-refractivity contribution >= 4 is 67.8 Å². The Morgan fingerprint density at radius 1 is 0.944 bits per heavy atom. The van der Waals surface area contributed by atoms with E-state index in [-0.39, 0.29) is 0 Å². The van der Waals surface area contributed by atoms with Crippen molar-refractivity contribution in [2.45, 2.75) is 0 Å². The second kappa shape index (κ2) is 5.57. The number of anilines is 3. The summed E-state index contributed by atoms with van der Waals surface area (Å²) in [5.41, 5.74) is 7.44. The first-order valence-electron chi connectivity index (χ1n) is 4.94. The Balaban J connectivity index is 2.43. The van der Waals surface area contributed by atoms with Gasteiger partial charge in [0.2, 0.25) is 0 Å². The lowest BCUT2D eigenvalue weighted by molar-refractivity contribution is 1.53. The summed E-state index contributed by atoms with van der Waals surface area (Å²) in [5, 5.41) is 4.55. The zero-order valence-corrected chi connectivity index (χ0v) is 12.8. The van der Waals surface area contributed by atoms with Crippen LogP contribution in [0.5, 0.6) is 0 Å². The van der Waals surface area contributed by atoms with Gasteiger partial charge in [-0.1, -0.05) is 50.7 Å².